The van der Waals surface area contributed by atoms with Gasteiger partial charge < -0.3 is 5.73 Å². The SMILES string of the molecule is Nc1ncn(Cc2ncccn2)c(=O)n1. The molecule has 0 aliphatic rings. The highest BCUT2D eigenvalue weighted by molar-refractivity contribution is 5.09. The minimum atomic E-state index is -0.463. The summed E-state index contributed by atoms with van der Waals surface area (Å²) in [7, 11) is 0. The van der Waals surface area contributed by atoms with Gasteiger partial charge in [0.2, 0.25) is 5.95 Å². The van der Waals surface area contributed by atoms with Gasteiger partial charge in [-0.15, -0.1) is 0 Å². The van der Waals surface area contributed by atoms with Crippen LogP contribution in [-0.4, -0.2) is 24.5 Å². The first-order chi connectivity index (χ1) is 7.25. The van der Waals surface area contributed by atoms with E-state index in [-0.39, 0.29) is 12.5 Å². The second-order valence-corrected chi connectivity index (χ2v) is 2.79. The van der Waals surface area contributed by atoms with Gasteiger partial charge in [0, 0.05) is 12.4 Å². The first-order valence-corrected chi connectivity index (χ1v) is 4.20. The molecule has 0 aliphatic heterocycles. The molecule has 15 heavy (non-hydrogen) atoms. The highest BCUT2D eigenvalue weighted by atomic mass is 16.1. The summed E-state index contributed by atoms with van der Waals surface area (Å²) in [5.74, 6) is 0.484. The van der Waals surface area contributed by atoms with Crippen molar-refractivity contribution >= 4 is 5.95 Å². The van der Waals surface area contributed by atoms with Gasteiger partial charge in [0.15, 0.2) is 0 Å². The zero-order valence-electron chi connectivity index (χ0n) is 7.74. The predicted octanol–water partition coefficient (Wildman–Crippen LogP) is -0.941. The Kier molecular flexibility index (Phi) is 2.36. The van der Waals surface area contributed by atoms with Crippen molar-refractivity contribution in [1.29, 1.82) is 0 Å². The molecule has 0 aromatic carbocycles. The molecular weight excluding hydrogens is 196 g/mol. The summed E-state index contributed by atoms with van der Waals surface area (Å²) in [5, 5.41) is 0. The van der Waals surface area contributed by atoms with Crippen LogP contribution in [0.4, 0.5) is 5.95 Å². The van der Waals surface area contributed by atoms with Crippen LogP contribution < -0.4 is 11.4 Å². The van der Waals surface area contributed by atoms with Crippen LogP contribution in [0.25, 0.3) is 0 Å². The molecule has 0 spiro atoms. The van der Waals surface area contributed by atoms with Crippen LogP contribution in [0.1, 0.15) is 5.82 Å². The number of anilines is 1. The van der Waals surface area contributed by atoms with Crippen LogP contribution in [0.15, 0.2) is 29.6 Å². The van der Waals surface area contributed by atoms with Crippen LogP contribution >= 0.6 is 0 Å². The van der Waals surface area contributed by atoms with Crippen molar-refractivity contribution in [3.63, 3.8) is 0 Å². The number of aromatic nitrogens is 5. The van der Waals surface area contributed by atoms with Crippen LogP contribution in [0, 0.1) is 0 Å². The van der Waals surface area contributed by atoms with Crippen molar-refractivity contribution in [3.8, 4) is 0 Å². The van der Waals surface area contributed by atoms with Crippen molar-refractivity contribution in [1.82, 2.24) is 24.5 Å². The number of rotatable bonds is 2. The second kappa shape index (κ2) is 3.82. The molecule has 0 unspecified atom stereocenters. The highest BCUT2D eigenvalue weighted by Crippen LogP contribution is 1.90. The molecule has 7 nitrogen and oxygen atoms in total. The van der Waals surface area contributed by atoms with Crippen LogP contribution in [0.5, 0.6) is 0 Å². The molecule has 0 saturated carbocycles. The van der Waals surface area contributed by atoms with E-state index in [0.717, 1.165) is 0 Å². The number of nitrogen functional groups attached to an aromatic ring is 1. The average Bonchev–Trinajstić information content (AvgIpc) is 2.24. The molecule has 2 aromatic heterocycles. The van der Waals surface area contributed by atoms with Gasteiger partial charge in [0.25, 0.3) is 0 Å². The van der Waals surface area contributed by atoms with Crippen molar-refractivity contribution < 1.29 is 0 Å². The molecule has 2 aromatic rings. The van der Waals surface area contributed by atoms with Crippen molar-refractivity contribution in [2.45, 2.75) is 6.54 Å². The topological polar surface area (TPSA) is 99.6 Å². The monoisotopic (exact) mass is 204 g/mol. The fraction of sp³-hybridized carbons (Fsp3) is 0.125. The van der Waals surface area contributed by atoms with Crippen molar-refractivity contribution in [3.05, 3.63) is 41.1 Å². The molecule has 76 valence electrons. The van der Waals surface area contributed by atoms with E-state index < -0.39 is 5.69 Å². The Balaban J connectivity index is 2.29. The summed E-state index contributed by atoms with van der Waals surface area (Å²) in [4.78, 5) is 26.5. The maximum absolute atomic E-state index is 11.3. The Labute approximate surface area is 84.7 Å². The smallest absolute Gasteiger partial charge is 0.352 e. The van der Waals surface area contributed by atoms with Gasteiger partial charge in [-0.1, -0.05) is 0 Å². The fourth-order valence-electron chi connectivity index (χ4n) is 1.04. The fourth-order valence-corrected chi connectivity index (χ4v) is 1.04. The molecule has 7 heteroatoms. The van der Waals surface area contributed by atoms with Crippen molar-refractivity contribution in [2.24, 2.45) is 0 Å². The Hall–Kier alpha value is -2.31. The normalized spacial score (nSPS) is 10.1. The minimum absolute atomic E-state index is 0.0368. The summed E-state index contributed by atoms with van der Waals surface area (Å²) in [6, 6.07) is 1.70. The summed E-state index contributed by atoms with van der Waals surface area (Å²) in [6.07, 6.45) is 4.53. The molecule has 0 atom stereocenters. The third-order valence-electron chi connectivity index (χ3n) is 1.72. The lowest BCUT2D eigenvalue weighted by atomic mass is 10.5. The van der Waals surface area contributed by atoms with Crippen LogP contribution in [0.3, 0.4) is 0 Å². The minimum Gasteiger partial charge on any atom is -0.368 e. The average molecular weight is 204 g/mol. The van der Waals surface area contributed by atoms with Crippen LogP contribution in [0.2, 0.25) is 0 Å². The quantitative estimate of drug-likeness (QED) is 0.677. The zero-order chi connectivity index (χ0) is 10.7. The molecule has 0 radical (unpaired) electrons. The first kappa shape index (κ1) is 9.25. The van der Waals surface area contributed by atoms with Gasteiger partial charge >= 0.3 is 5.69 Å². The van der Waals surface area contributed by atoms with E-state index in [1.165, 1.54) is 10.9 Å². The summed E-state index contributed by atoms with van der Waals surface area (Å²) in [6.45, 7) is 0.236. The summed E-state index contributed by atoms with van der Waals surface area (Å²) in [5.41, 5.74) is 4.79. The lowest BCUT2D eigenvalue weighted by molar-refractivity contribution is 0.672. The van der Waals surface area contributed by atoms with E-state index in [0.29, 0.717) is 5.82 Å². The Morgan fingerprint density at radius 2 is 2.00 bits per heavy atom. The van der Waals surface area contributed by atoms with E-state index in [1.807, 2.05) is 0 Å². The van der Waals surface area contributed by atoms with E-state index in [9.17, 15) is 4.79 Å². The van der Waals surface area contributed by atoms with E-state index >= 15 is 0 Å². The molecule has 0 saturated heterocycles. The molecular formula is C8H8N6O. The Morgan fingerprint density at radius 1 is 1.27 bits per heavy atom. The van der Waals surface area contributed by atoms with Gasteiger partial charge in [0.1, 0.15) is 12.2 Å². The number of nitrogens with zero attached hydrogens (tertiary/aromatic N) is 5. The van der Waals surface area contributed by atoms with Crippen molar-refractivity contribution in [2.75, 3.05) is 5.73 Å². The highest BCUT2D eigenvalue weighted by Gasteiger charge is 2.01. The van der Waals surface area contributed by atoms with Crippen LogP contribution in [-0.2, 0) is 6.54 Å². The molecule has 0 fully saturated rings. The maximum Gasteiger partial charge on any atom is 0.352 e. The molecule has 2 N–H and O–H groups in total. The lowest BCUT2D eigenvalue weighted by Crippen LogP contribution is -2.25. The number of nitrogens with two attached hydrogens (primary N) is 1. The van der Waals surface area contributed by atoms with Gasteiger partial charge in [-0.2, -0.15) is 4.98 Å². The number of hydrogen-bond donors (Lipinski definition) is 1. The zero-order valence-corrected chi connectivity index (χ0v) is 7.74. The maximum atomic E-state index is 11.3. The van der Waals surface area contributed by atoms with Gasteiger partial charge in [-0.05, 0) is 6.07 Å². The third kappa shape index (κ3) is 2.13. The summed E-state index contributed by atoms with van der Waals surface area (Å²) >= 11 is 0. The Bertz CT molecular complexity index is 508. The van der Waals surface area contributed by atoms with E-state index in [1.54, 1.807) is 18.5 Å². The van der Waals surface area contributed by atoms with Gasteiger partial charge in [-0.25, -0.2) is 19.7 Å². The second-order valence-electron chi connectivity index (χ2n) is 2.79. The lowest BCUT2D eigenvalue weighted by Gasteiger charge is -2.01. The molecule has 2 heterocycles. The van der Waals surface area contributed by atoms with Gasteiger partial charge in [0.05, 0.1) is 6.54 Å². The Morgan fingerprint density at radius 3 is 2.67 bits per heavy atom. The summed E-state index contributed by atoms with van der Waals surface area (Å²) < 4.78 is 1.28. The van der Waals surface area contributed by atoms with Gasteiger partial charge in [-0.3, -0.25) is 4.57 Å². The first-order valence-electron chi connectivity index (χ1n) is 4.20. The molecule has 2 rings (SSSR count). The molecule has 0 amide bonds. The predicted molar refractivity (Wildman–Crippen MR) is 51.8 cm³/mol. The number of hydrogen-bond acceptors (Lipinski definition) is 6. The van der Waals surface area contributed by atoms with E-state index in [4.69, 9.17) is 5.73 Å². The largest absolute Gasteiger partial charge is 0.368 e. The molecule has 0 aliphatic carbocycles. The molecule has 0 bridgehead atoms. The third-order valence-corrected chi connectivity index (χ3v) is 1.72. The standard InChI is InChI=1S/C8H8N6O/c9-7-12-5-14(8(15)13-7)4-6-10-2-1-3-11-6/h1-3,5H,4H2,(H2,9,13,15). The van der Waals surface area contributed by atoms with E-state index in [2.05, 4.69) is 19.9 Å².